The molecule has 1 aromatic carbocycles. The summed E-state index contributed by atoms with van der Waals surface area (Å²) in [5.41, 5.74) is 16.9. The van der Waals surface area contributed by atoms with Crippen molar-refractivity contribution in [2.75, 3.05) is 23.5 Å². The van der Waals surface area contributed by atoms with Gasteiger partial charge in [0.05, 0.1) is 12.6 Å². The van der Waals surface area contributed by atoms with E-state index < -0.39 is 42.5 Å². The number of ether oxygens (including phenoxy) is 3. The number of hydrogen-bond donors (Lipinski definition) is 4. The highest BCUT2D eigenvalue weighted by atomic mass is 32.2. The van der Waals surface area contributed by atoms with Crippen LogP contribution in [0.15, 0.2) is 12.7 Å². The Bertz CT molecular complexity index is 1910. The summed E-state index contributed by atoms with van der Waals surface area (Å²) in [7, 11) is -0.276. The summed E-state index contributed by atoms with van der Waals surface area (Å²) in [5.74, 6) is 3.69. The molecule has 342 valence electrons. The summed E-state index contributed by atoms with van der Waals surface area (Å²) in [6, 6.07) is -0.814. The van der Waals surface area contributed by atoms with Crippen LogP contribution in [0, 0.1) is 38.5 Å². The minimum atomic E-state index is -1.18. The fourth-order valence-corrected chi connectivity index (χ4v) is 10.2. The number of carboxylic acid groups (broad SMARTS) is 1. The lowest BCUT2D eigenvalue weighted by atomic mass is 9.83. The Balaban J connectivity index is 0.00000196. The second-order valence-electron chi connectivity index (χ2n) is 18.5. The molecule has 1 saturated heterocycles. The number of fused-ring (bicyclic) bond motifs is 2. The highest BCUT2D eigenvalue weighted by Crippen LogP contribution is 2.45. The molecule has 0 saturated carbocycles. The van der Waals surface area contributed by atoms with Gasteiger partial charge in [0.25, 0.3) is 0 Å². The summed E-state index contributed by atoms with van der Waals surface area (Å²) < 4.78 is 20.6. The lowest BCUT2D eigenvalue weighted by Crippen LogP contribution is -2.39. The molecule has 0 aliphatic carbocycles. The predicted molar refractivity (Wildman–Crippen MR) is 240 cm³/mol. The number of hydrogen-bond acceptors (Lipinski definition) is 13. The highest BCUT2D eigenvalue weighted by molar-refractivity contribution is 7.96. The van der Waals surface area contributed by atoms with Crippen LogP contribution < -0.4 is 26.0 Å². The Hall–Kier alpha value is -3.50. The van der Waals surface area contributed by atoms with Gasteiger partial charge in [-0.05, 0) is 106 Å². The number of carbonyl (C=O) groups is 2. The predicted octanol–water partition coefficient (Wildman–Crippen LogP) is 5.80. The molecule has 0 spiro atoms. The fourth-order valence-electron chi connectivity index (χ4n) is 8.55. The molecule has 3 aromatic rings. The molecule has 5 rings (SSSR count). The van der Waals surface area contributed by atoms with Crippen molar-refractivity contribution in [1.82, 2.24) is 19.5 Å². The topological polar surface area (TPSA) is 221 Å². The molecule has 0 amide bonds. The number of imidazole rings is 1. The molecule has 0 radical (unpaired) electrons. The average molecular weight is 871 g/mol. The van der Waals surface area contributed by atoms with Crippen LogP contribution in [0.25, 0.3) is 11.2 Å². The van der Waals surface area contributed by atoms with Gasteiger partial charge in [-0.1, -0.05) is 72.6 Å². The van der Waals surface area contributed by atoms with Crippen LogP contribution in [-0.2, 0) is 31.6 Å². The number of aliphatic carboxylic acids is 1. The number of aromatic nitrogens is 4. The first-order valence-electron chi connectivity index (χ1n) is 22.2. The van der Waals surface area contributed by atoms with E-state index in [1.165, 1.54) is 57.6 Å². The van der Waals surface area contributed by atoms with Crippen LogP contribution in [0.2, 0.25) is 0 Å². The summed E-state index contributed by atoms with van der Waals surface area (Å²) >= 11 is 0. The number of anilines is 1. The van der Waals surface area contributed by atoms with Crippen LogP contribution >= 0.6 is 0 Å². The molecule has 6 N–H and O–H groups in total. The van der Waals surface area contributed by atoms with E-state index in [1.807, 2.05) is 20.1 Å². The molecular weight excluding hydrogens is 797 g/mol. The average Bonchev–Trinajstić information content (AvgIpc) is 3.74. The minimum absolute atomic E-state index is 0.213. The molecule has 2 aliphatic heterocycles. The maximum absolute atomic E-state index is 13.4. The normalized spacial score (nSPS) is 23.1. The largest absolute Gasteiger partial charge is 0.550 e. The summed E-state index contributed by atoms with van der Waals surface area (Å²) in [4.78, 5) is 34.7. The summed E-state index contributed by atoms with van der Waals surface area (Å²) in [5, 5.41) is 30.6. The van der Waals surface area contributed by atoms with Crippen molar-refractivity contribution < 1.29 is 39.1 Å². The second-order valence-corrected chi connectivity index (χ2v) is 20.8. The van der Waals surface area contributed by atoms with Crippen molar-refractivity contribution in [2.24, 2.45) is 23.5 Å². The third kappa shape index (κ3) is 13.7. The van der Waals surface area contributed by atoms with E-state index in [0.717, 1.165) is 78.4 Å². The van der Waals surface area contributed by atoms with Crippen LogP contribution in [0.5, 0.6) is 11.5 Å². The number of aliphatic hydroxyl groups excluding tert-OH is 2. The standard InChI is InChI=1S/C44H71N6O6S.C2H4O2/c1-26(2)13-10-14-27(3)15-11-16-28(4)17-12-20-44(8)21-18-32-31(7)38(29(5)30(6)39(32)56-44)55-43(53)33(45)19-22-57(9)23-34-36(51)37(52)42(54-34)50-25-49-35-40(46)47-24-48-41(35)50;1-2(3)4/h24-28,33-34,36-37,42,51-52H,10-23,45H2,1-9H3,(H2,46,47,48);1H3,(H,3,4)/q+1;/p-1. The molecule has 1 fully saturated rings. The number of carbonyl (C=O) groups excluding carboxylic acids is 2. The van der Waals surface area contributed by atoms with Crippen LogP contribution in [0.1, 0.15) is 141 Å². The number of rotatable bonds is 20. The summed E-state index contributed by atoms with van der Waals surface area (Å²) in [6.45, 7) is 18.8. The van der Waals surface area contributed by atoms with Crippen molar-refractivity contribution in [3.63, 3.8) is 0 Å². The van der Waals surface area contributed by atoms with Gasteiger partial charge < -0.3 is 45.8 Å². The molecule has 9 atom stereocenters. The van der Waals surface area contributed by atoms with Gasteiger partial charge in [-0.15, -0.1) is 0 Å². The first-order chi connectivity index (χ1) is 28.7. The molecule has 14 nitrogen and oxygen atoms in total. The molecule has 9 unspecified atom stereocenters. The van der Waals surface area contributed by atoms with E-state index in [4.69, 9.17) is 35.6 Å². The SMILES string of the molecule is CC(=O)[O-].Cc1c(C)c2c(c(C)c1OC(=O)C(N)CC[S+](C)CC1OC(n3cnc4c(N)ncnc43)C(O)C1O)CCC(C)(CCCC(C)CCCC(C)CCCC(C)C)O2. The number of nitrogens with zero attached hydrogens (tertiary/aromatic N) is 4. The fraction of sp³-hybridized carbons (Fsp3) is 0.717. The third-order valence-electron chi connectivity index (χ3n) is 12.6. The first kappa shape index (κ1) is 50.1. The van der Waals surface area contributed by atoms with E-state index in [9.17, 15) is 15.0 Å². The number of nitrogens with two attached hydrogens (primary N) is 2. The van der Waals surface area contributed by atoms with Gasteiger partial charge in [-0.25, -0.2) is 19.7 Å². The van der Waals surface area contributed by atoms with Crippen molar-refractivity contribution in [3.05, 3.63) is 34.9 Å². The molecule has 0 bridgehead atoms. The molecule has 4 heterocycles. The Morgan fingerprint density at radius 3 is 2.23 bits per heavy atom. The van der Waals surface area contributed by atoms with Gasteiger partial charge in [-0.3, -0.25) is 4.57 Å². The van der Waals surface area contributed by atoms with Gasteiger partial charge in [0.2, 0.25) is 0 Å². The maximum Gasteiger partial charge on any atom is 0.328 e. The minimum Gasteiger partial charge on any atom is -0.550 e. The van der Waals surface area contributed by atoms with Gasteiger partial charge >= 0.3 is 5.97 Å². The zero-order valence-corrected chi connectivity index (χ0v) is 39.2. The van der Waals surface area contributed by atoms with E-state index in [0.29, 0.717) is 34.8 Å². The quantitative estimate of drug-likeness (QED) is 0.0600. The number of esters is 1. The van der Waals surface area contributed by atoms with E-state index in [-0.39, 0.29) is 22.3 Å². The monoisotopic (exact) mass is 871 g/mol. The Morgan fingerprint density at radius 2 is 1.59 bits per heavy atom. The highest BCUT2D eigenvalue weighted by Gasteiger charge is 2.47. The van der Waals surface area contributed by atoms with Gasteiger partial charge in [0.15, 0.2) is 17.7 Å². The maximum atomic E-state index is 13.4. The van der Waals surface area contributed by atoms with Crippen molar-refractivity contribution in [2.45, 2.75) is 176 Å². The number of benzene rings is 1. The number of aliphatic hydroxyl groups is 2. The van der Waals surface area contributed by atoms with Crippen molar-refractivity contribution >= 4 is 39.8 Å². The summed E-state index contributed by atoms with van der Waals surface area (Å²) in [6.07, 6.45) is 14.7. The van der Waals surface area contributed by atoms with Gasteiger partial charge in [0, 0.05) is 18.0 Å². The Kier molecular flexibility index (Phi) is 18.7. The van der Waals surface area contributed by atoms with Crippen molar-refractivity contribution in [1.29, 1.82) is 0 Å². The van der Waals surface area contributed by atoms with Crippen LogP contribution in [0.4, 0.5) is 5.82 Å². The van der Waals surface area contributed by atoms with E-state index >= 15 is 0 Å². The third-order valence-corrected chi connectivity index (χ3v) is 14.4. The molecular formula is C46H74N6O8S. The van der Waals surface area contributed by atoms with Gasteiger partial charge in [-0.2, -0.15) is 0 Å². The second kappa shape index (κ2) is 22.7. The Labute approximate surface area is 366 Å². The number of carboxylic acids is 1. The van der Waals surface area contributed by atoms with Gasteiger partial charge in [0.1, 0.15) is 64.8 Å². The smallest absolute Gasteiger partial charge is 0.328 e. The van der Waals surface area contributed by atoms with Crippen LogP contribution in [0.3, 0.4) is 0 Å². The zero-order valence-electron chi connectivity index (χ0n) is 38.4. The molecule has 61 heavy (non-hydrogen) atoms. The lowest BCUT2D eigenvalue weighted by molar-refractivity contribution is -0.302. The van der Waals surface area contributed by atoms with Crippen molar-refractivity contribution in [3.8, 4) is 11.5 Å². The first-order valence-corrected chi connectivity index (χ1v) is 24.2. The molecule has 15 heteroatoms. The van der Waals surface area contributed by atoms with Crippen LogP contribution in [-0.4, -0.2) is 89.4 Å². The Morgan fingerprint density at radius 1 is 0.967 bits per heavy atom. The lowest BCUT2D eigenvalue weighted by Gasteiger charge is -2.38. The zero-order chi connectivity index (χ0) is 45.2. The number of nitrogen functional groups attached to an aromatic ring is 1. The molecule has 2 aliphatic rings. The van der Waals surface area contributed by atoms with E-state index in [1.54, 1.807) is 4.57 Å². The van der Waals surface area contributed by atoms with E-state index in [2.05, 4.69) is 56.5 Å². The molecule has 2 aromatic heterocycles.